The SMILES string of the molecule is COc1ccc(C(=O)OCC(=O)Nc2ccccc2Sc2ccccc2)c(F)c1. The van der Waals surface area contributed by atoms with E-state index >= 15 is 0 Å². The number of carbonyl (C=O) groups excluding carboxylic acids is 2. The van der Waals surface area contributed by atoms with Crippen LogP contribution in [0.4, 0.5) is 10.1 Å². The molecule has 7 heteroatoms. The van der Waals surface area contributed by atoms with Crippen molar-refractivity contribution >= 4 is 29.3 Å². The molecule has 5 nitrogen and oxygen atoms in total. The van der Waals surface area contributed by atoms with Crippen molar-refractivity contribution in [3.63, 3.8) is 0 Å². The van der Waals surface area contributed by atoms with Gasteiger partial charge in [0, 0.05) is 15.9 Å². The second-order valence-corrected chi connectivity index (χ2v) is 7.00. The first-order chi connectivity index (χ1) is 14.1. The molecule has 29 heavy (non-hydrogen) atoms. The molecule has 3 rings (SSSR count). The number of methoxy groups -OCH3 is 1. The molecule has 0 unspecified atom stereocenters. The first-order valence-corrected chi connectivity index (χ1v) is 9.51. The first-order valence-electron chi connectivity index (χ1n) is 8.69. The predicted octanol–water partition coefficient (Wildman–Crippen LogP) is 4.78. The van der Waals surface area contributed by atoms with Gasteiger partial charge in [-0.05, 0) is 36.4 Å². The zero-order valence-corrected chi connectivity index (χ0v) is 16.4. The van der Waals surface area contributed by atoms with Crippen molar-refractivity contribution < 1.29 is 23.5 Å². The number of rotatable bonds is 7. The largest absolute Gasteiger partial charge is 0.497 e. The van der Waals surface area contributed by atoms with Gasteiger partial charge in [0.05, 0.1) is 18.4 Å². The minimum absolute atomic E-state index is 0.265. The van der Waals surface area contributed by atoms with Gasteiger partial charge in [-0.1, -0.05) is 42.1 Å². The summed E-state index contributed by atoms with van der Waals surface area (Å²) in [5.74, 6) is -1.94. The van der Waals surface area contributed by atoms with Gasteiger partial charge in [-0.2, -0.15) is 0 Å². The van der Waals surface area contributed by atoms with E-state index in [2.05, 4.69) is 5.32 Å². The molecule has 0 saturated heterocycles. The van der Waals surface area contributed by atoms with Crippen LogP contribution >= 0.6 is 11.8 Å². The molecule has 3 aromatic carbocycles. The summed E-state index contributed by atoms with van der Waals surface area (Å²) < 4.78 is 23.8. The Labute approximate surface area is 171 Å². The Balaban J connectivity index is 1.61. The Morgan fingerprint density at radius 3 is 2.45 bits per heavy atom. The fourth-order valence-corrected chi connectivity index (χ4v) is 3.38. The van der Waals surface area contributed by atoms with Crippen LogP contribution in [0, 0.1) is 5.82 Å². The summed E-state index contributed by atoms with van der Waals surface area (Å²) in [6.07, 6.45) is 0. The van der Waals surface area contributed by atoms with Crippen molar-refractivity contribution in [3.8, 4) is 5.75 Å². The summed E-state index contributed by atoms with van der Waals surface area (Å²) in [5.41, 5.74) is 0.330. The van der Waals surface area contributed by atoms with E-state index in [0.717, 1.165) is 15.9 Å². The maximum Gasteiger partial charge on any atom is 0.341 e. The van der Waals surface area contributed by atoms with Crippen molar-refractivity contribution in [2.45, 2.75) is 9.79 Å². The minimum atomic E-state index is -0.924. The quantitative estimate of drug-likeness (QED) is 0.567. The highest BCUT2D eigenvalue weighted by molar-refractivity contribution is 7.99. The van der Waals surface area contributed by atoms with E-state index in [-0.39, 0.29) is 11.3 Å². The number of anilines is 1. The highest BCUT2D eigenvalue weighted by Crippen LogP contribution is 2.33. The number of ether oxygens (including phenoxy) is 2. The van der Waals surface area contributed by atoms with E-state index in [1.807, 2.05) is 42.5 Å². The summed E-state index contributed by atoms with van der Waals surface area (Å²) >= 11 is 1.50. The zero-order chi connectivity index (χ0) is 20.6. The standard InChI is InChI=1S/C22H18FNO4S/c1-27-15-11-12-17(18(23)13-15)22(26)28-14-21(25)24-19-9-5-6-10-20(19)29-16-7-3-2-4-8-16/h2-13H,14H2,1H3,(H,24,25). The van der Waals surface area contributed by atoms with Crippen LogP contribution in [-0.2, 0) is 9.53 Å². The average Bonchev–Trinajstić information content (AvgIpc) is 2.74. The summed E-state index contributed by atoms with van der Waals surface area (Å²) in [6.45, 7) is -0.533. The lowest BCUT2D eigenvalue weighted by atomic mass is 10.2. The van der Waals surface area contributed by atoms with E-state index in [0.29, 0.717) is 5.69 Å². The molecule has 0 atom stereocenters. The molecule has 0 fully saturated rings. The number of halogens is 1. The third kappa shape index (κ3) is 5.58. The first kappa shape index (κ1) is 20.4. The number of esters is 1. The maximum absolute atomic E-state index is 13.9. The van der Waals surface area contributed by atoms with E-state index in [1.54, 1.807) is 12.1 Å². The summed E-state index contributed by atoms with van der Waals surface area (Å²) in [5, 5.41) is 2.72. The van der Waals surface area contributed by atoms with Crippen molar-refractivity contribution in [2.24, 2.45) is 0 Å². The zero-order valence-electron chi connectivity index (χ0n) is 15.6. The molecule has 0 aliphatic rings. The van der Waals surface area contributed by atoms with Crippen LogP contribution in [-0.4, -0.2) is 25.6 Å². The van der Waals surface area contributed by atoms with E-state index < -0.39 is 24.3 Å². The fraction of sp³-hybridized carbons (Fsp3) is 0.0909. The molecule has 148 valence electrons. The number of carbonyl (C=O) groups is 2. The second kappa shape index (κ2) is 9.75. The Hall–Kier alpha value is -3.32. The van der Waals surface area contributed by atoms with Crippen LogP contribution in [0.5, 0.6) is 5.75 Å². The second-order valence-electron chi connectivity index (χ2n) is 5.88. The van der Waals surface area contributed by atoms with Gasteiger partial charge in [-0.15, -0.1) is 0 Å². The molecule has 0 radical (unpaired) electrons. The maximum atomic E-state index is 13.9. The number of hydrogen-bond acceptors (Lipinski definition) is 5. The molecule has 0 saturated carbocycles. The number of nitrogens with one attached hydrogen (secondary N) is 1. The highest BCUT2D eigenvalue weighted by atomic mass is 32.2. The van der Waals surface area contributed by atoms with E-state index in [1.165, 1.54) is 31.0 Å². The number of amides is 1. The van der Waals surface area contributed by atoms with Crippen molar-refractivity contribution in [1.82, 2.24) is 0 Å². The van der Waals surface area contributed by atoms with Gasteiger partial charge < -0.3 is 14.8 Å². The van der Waals surface area contributed by atoms with E-state index in [4.69, 9.17) is 9.47 Å². The van der Waals surface area contributed by atoms with Crippen molar-refractivity contribution in [3.05, 3.63) is 84.2 Å². The molecule has 1 N–H and O–H groups in total. The van der Waals surface area contributed by atoms with Gasteiger partial charge in [0.25, 0.3) is 5.91 Å². The van der Waals surface area contributed by atoms with Crippen LogP contribution < -0.4 is 10.1 Å². The van der Waals surface area contributed by atoms with Gasteiger partial charge in [0.1, 0.15) is 11.6 Å². The monoisotopic (exact) mass is 411 g/mol. The molecule has 1 amide bonds. The topological polar surface area (TPSA) is 64.6 Å². The molecule has 3 aromatic rings. The van der Waals surface area contributed by atoms with Gasteiger partial charge in [0.2, 0.25) is 0 Å². The van der Waals surface area contributed by atoms with Crippen LogP contribution in [0.25, 0.3) is 0 Å². The molecule has 0 aliphatic heterocycles. The molecule has 0 heterocycles. The normalized spacial score (nSPS) is 10.3. The summed E-state index contributed by atoms with van der Waals surface area (Å²) in [4.78, 5) is 26.1. The van der Waals surface area contributed by atoms with Crippen LogP contribution in [0.2, 0.25) is 0 Å². The predicted molar refractivity (Wildman–Crippen MR) is 109 cm³/mol. The van der Waals surface area contributed by atoms with Crippen molar-refractivity contribution in [2.75, 3.05) is 19.0 Å². The summed E-state index contributed by atoms with van der Waals surface area (Å²) in [7, 11) is 1.39. The third-order valence-electron chi connectivity index (χ3n) is 3.86. The van der Waals surface area contributed by atoms with E-state index in [9.17, 15) is 14.0 Å². The Morgan fingerprint density at radius 2 is 1.72 bits per heavy atom. The lowest BCUT2D eigenvalue weighted by Crippen LogP contribution is -2.21. The Morgan fingerprint density at radius 1 is 1.00 bits per heavy atom. The Bertz CT molecular complexity index is 1010. The van der Waals surface area contributed by atoms with Crippen LogP contribution in [0.1, 0.15) is 10.4 Å². The smallest absolute Gasteiger partial charge is 0.341 e. The number of benzene rings is 3. The number of hydrogen-bond donors (Lipinski definition) is 1. The highest BCUT2D eigenvalue weighted by Gasteiger charge is 2.16. The molecule has 0 bridgehead atoms. The average molecular weight is 411 g/mol. The van der Waals surface area contributed by atoms with Gasteiger partial charge in [-0.3, -0.25) is 4.79 Å². The minimum Gasteiger partial charge on any atom is -0.497 e. The molecule has 0 aromatic heterocycles. The Kier molecular flexibility index (Phi) is 6.86. The molecular weight excluding hydrogens is 393 g/mol. The van der Waals surface area contributed by atoms with Gasteiger partial charge >= 0.3 is 5.97 Å². The molecule has 0 spiro atoms. The third-order valence-corrected chi connectivity index (χ3v) is 4.95. The molecule has 0 aliphatic carbocycles. The molecular formula is C22H18FNO4S. The number of para-hydroxylation sites is 1. The lowest BCUT2D eigenvalue weighted by molar-refractivity contribution is -0.119. The van der Waals surface area contributed by atoms with Crippen LogP contribution in [0.3, 0.4) is 0 Å². The summed E-state index contributed by atoms with van der Waals surface area (Å²) in [6, 6.07) is 20.8. The van der Waals surface area contributed by atoms with Gasteiger partial charge in [0.15, 0.2) is 6.61 Å². The fourth-order valence-electron chi connectivity index (χ4n) is 2.46. The van der Waals surface area contributed by atoms with Crippen molar-refractivity contribution in [1.29, 1.82) is 0 Å². The van der Waals surface area contributed by atoms with Crippen LogP contribution in [0.15, 0.2) is 82.6 Å². The van der Waals surface area contributed by atoms with Gasteiger partial charge in [-0.25, -0.2) is 9.18 Å². The lowest BCUT2D eigenvalue weighted by Gasteiger charge is -2.11.